The van der Waals surface area contributed by atoms with Crippen LogP contribution in [-0.4, -0.2) is 48.1 Å². The van der Waals surface area contributed by atoms with Gasteiger partial charge in [-0.1, -0.05) is 18.2 Å². The van der Waals surface area contributed by atoms with Gasteiger partial charge in [0.15, 0.2) is 0 Å². The first kappa shape index (κ1) is 15.8. The predicted molar refractivity (Wildman–Crippen MR) is 92.1 cm³/mol. The van der Waals surface area contributed by atoms with E-state index in [0.717, 1.165) is 30.9 Å². The molecule has 1 spiro atoms. The summed E-state index contributed by atoms with van der Waals surface area (Å²) in [5, 5.41) is 0. The van der Waals surface area contributed by atoms with Crippen molar-refractivity contribution in [3.63, 3.8) is 0 Å². The van der Waals surface area contributed by atoms with Gasteiger partial charge in [-0.05, 0) is 45.7 Å². The number of likely N-dealkylation sites (tertiary alicyclic amines) is 1. The average Bonchev–Trinajstić information content (AvgIpc) is 3.18. The Morgan fingerprint density at radius 1 is 1.30 bits per heavy atom. The molecule has 0 saturated carbocycles. The summed E-state index contributed by atoms with van der Waals surface area (Å²) in [5.74, 6) is 1.07. The van der Waals surface area contributed by atoms with Gasteiger partial charge in [0.25, 0.3) is 0 Å². The van der Waals surface area contributed by atoms with E-state index in [1.807, 2.05) is 46.0 Å². The van der Waals surface area contributed by atoms with Crippen molar-refractivity contribution in [2.75, 3.05) is 25.0 Å². The molecule has 1 atom stereocenters. The lowest BCUT2D eigenvalue weighted by atomic mass is 9.95. The highest BCUT2D eigenvalue weighted by Crippen LogP contribution is 2.40. The Bertz CT molecular complexity index is 621. The SMILES string of the molecule is CN(C1=NC12CCCN(C(=O)OC(C)(C)C)C2)c1ccccc1. The van der Waals surface area contributed by atoms with E-state index in [0.29, 0.717) is 6.54 Å². The molecule has 1 amide bonds. The highest BCUT2D eigenvalue weighted by Gasteiger charge is 2.53. The number of para-hydroxylation sites is 1. The third-order valence-electron chi connectivity index (χ3n) is 4.27. The lowest BCUT2D eigenvalue weighted by Gasteiger charge is -2.34. The van der Waals surface area contributed by atoms with Crippen LogP contribution in [0.15, 0.2) is 35.3 Å². The highest BCUT2D eigenvalue weighted by molar-refractivity contribution is 6.14. The van der Waals surface area contributed by atoms with Crippen LogP contribution >= 0.6 is 0 Å². The minimum absolute atomic E-state index is 0.209. The van der Waals surface area contributed by atoms with Gasteiger partial charge in [-0.25, -0.2) is 4.79 Å². The first-order valence-electron chi connectivity index (χ1n) is 8.18. The number of anilines is 1. The minimum Gasteiger partial charge on any atom is -0.444 e. The van der Waals surface area contributed by atoms with Crippen molar-refractivity contribution in [2.24, 2.45) is 4.99 Å². The zero-order valence-electron chi connectivity index (χ0n) is 14.4. The quantitative estimate of drug-likeness (QED) is 0.799. The summed E-state index contributed by atoms with van der Waals surface area (Å²) < 4.78 is 5.50. The average molecular weight is 315 g/mol. The number of amidine groups is 1. The summed E-state index contributed by atoms with van der Waals surface area (Å²) in [4.78, 5) is 21.0. The molecule has 23 heavy (non-hydrogen) atoms. The van der Waals surface area contributed by atoms with Crippen molar-refractivity contribution in [3.05, 3.63) is 30.3 Å². The predicted octanol–water partition coefficient (Wildman–Crippen LogP) is 3.30. The minimum atomic E-state index is -0.463. The molecule has 5 nitrogen and oxygen atoms in total. The highest BCUT2D eigenvalue weighted by atomic mass is 16.6. The molecular formula is C18H25N3O2. The molecule has 0 aromatic heterocycles. The Morgan fingerprint density at radius 2 is 2.00 bits per heavy atom. The number of hydrogen-bond donors (Lipinski definition) is 0. The second kappa shape index (κ2) is 5.55. The first-order valence-corrected chi connectivity index (χ1v) is 8.18. The van der Waals surface area contributed by atoms with Gasteiger partial charge in [0.1, 0.15) is 17.0 Å². The number of amides is 1. The van der Waals surface area contributed by atoms with Crippen molar-refractivity contribution in [1.82, 2.24) is 4.90 Å². The van der Waals surface area contributed by atoms with E-state index in [-0.39, 0.29) is 11.6 Å². The van der Waals surface area contributed by atoms with Crippen LogP contribution < -0.4 is 4.90 Å². The van der Waals surface area contributed by atoms with Gasteiger partial charge in [0.05, 0.1) is 6.54 Å². The standard InChI is InChI=1S/C18H25N3O2/c1-17(2,3)23-16(22)21-12-8-11-18(13-21)15(19-18)20(4)14-9-6-5-7-10-14/h5-7,9-10H,8,11-13H2,1-4H3. The second-order valence-electron chi connectivity index (χ2n) is 7.37. The molecule has 1 unspecified atom stereocenters. The van der Waals surface area contributed by atoms with Crippen LogP contribution in [0.2, 0.25) is 0 Å². The van der Waals surface area contributed by atoms with Crippen LogP contribution in [0.5, 0.6) is 0 Å². The van der Waals surface area contributed by atoms with E-state index >= 15 is 0 Å². The molecule has 124 valence electrons. The molecule has 1 aromatic rings. The molecule has 1 aromatic carbocycles. The Kier molecular flexibility index (Phi) is 3.82. The number of aliphatic imine (C=N–C) groups is 1. The van der Waals surface area contributed by atoms with Gasteiger partial charge < -0.3 is 14.5 Å². The number of piperidine rings is 1. The molecule has 5 heteroatoms. The lowest BCUT2D eigenvalue weighted by Crippen LogP contribution is -2.49. The molecule has 0 radical (unpaired) electrons. The number of carbonyl (C=O) groups excluding carboxylic acids is 1. The molecule has 2 aliphatic rings. The number of ether oxygens (including phenoxy) is 1. The van der Waals surface area contributed by atoms with Crippen LogP contribution in [0.4, 0.5) is 10.5 Å². The van der Waals surface area contributed by atoms with Crippen LogP contribution in [0.1, 0.15) is 33.6 Å². The Labute approximate surface area is 137 Å². The molecule has 2 heterocycles. The molecule has 2 aliphatic heterocycles. The van der Waals surface area contributed by atoms with Crippen LogP contribution in [0.25, 0.3) is 0 Å². The van der Waals surface area contributed by atoms with E-state index in [1.54, 1.807) is 4.90 Å². The maximum Gasteiger partial charge on any atom is 0.410 e. The van der Waals surface area contributed by atoms with Crippen molar-refractivity contribution < 1.29 is 9.53 Å². The molecular weight excluding hydrogens is 290 g/mol. The molecule has 3 rings (SSSR count). The Balaban J connectivity index is 1.65. The van der Waals surface area contributed by atoms with Gasteiger partial charge in [0.2, 0.25) is 0 Å². The van der Waals surface area contributed by atoms with Crippen LogP contribution in [-0.2, 0) is 4.74 Å². The van der Waals surface area contributed by atoms with Crippen molar-refractivity contribution in [2.45, 2.75) is 44.8 Å². The van der Waals surface area contributed by atoms with E-state index < -0.39 is 5.60 Å². The number of hydrogen-bond acceptors (Lipinski definition) is 4. The monoisotopic (exact) mass is 315 g/mol. The van der Waals surface area contributed by atoms with Crippen LogP contribution in [0.3, 0.4) is 0 Å². The number of rotatable bonds is 1. The Morgan fingerprint density at radius 3 is 2.65 bits per heavy atom. The third-order valence-corrected chi connectivity index (χ3v) is 4.27. The molecule has 1 fully saturated rings. The summed E-state index contributed by atoms with van der Waals surface area (Å²) in [5.41, 5.74) is 0.452. The summed E-state index contributed by atoms with van der Waals surface area (Å²) in [7, 11) is 2.04. The van der Waals surface area contributed by atoms with E-state index in [4.69, 9.17) is 9.73 Å². The van der Waals surface area contributed by atoms with Crippen LogP contribution in [0, 0.1) is 0 Å². The molecule has 0 aliphatic carbocycles. The normalized spacial score (nSPS) is 23.5. The van der Waals surface area contributed by atoms with Gasteiger partial charge >= 0.3 is 6.09 Å². The zero-order valence-corrected chi connectivity index (χ0v) is 14.4. The fraction of sp³-hybridized carbons (Fsp3) is 0.556. The third kappa shape index (κ3) is 3.33. The van der Waals surface area contributed by atoms with E-state index in [2.05, 4.69) is 17.0 Å². The molecule has 0 bridgehead atoms. The van der Waals surface area contributed by atoms with Gasteiger partial charge in [0, 0.05) is 19.3 Å². The van der Waals surface area contributed by atoms with E-state index in [9.17, 15) is 4.79 Å². The summed E-state index contributed by atoms with van der Waals surface area (Å²) in [6.45, 7) is 7.05. The maximum absolute atomic E-state index is 12.3. The smallest absolute Gasteiger partial charge is 0.410 e. The van der Waals surface area contributed by atoms with Gasteiger partial charge in [-0.3, -0.25) is 4.99 Å². The number of carbonyl (C=O) groups is 1. The molecule has 1 saturated heterocycles. The lowest BCUT2D eigenvalue weighted by molar-refractivity contribution is 0.0193. The first-order chi connectivity index (χ1) is 10.8. The number of likely N-dealkylation sites (N-methyl/N-ethyl adjacent to an activating group) is 1. The fourth-order valence-electron chi connectivity index (χ4n) is 3.13. The van der Waals surface area contributed by atoms with Gasteiger partial charge in [-0.2, -0.15) is 0 Å². The Hall–Kier alpha value is -2.04. The summed E-state index contributed by atoms with van der Waals surface area (Å²) in [6.07, 6.45) is 1.72. The van der Waals surface area contributed by atoms with Crippen molar-refractivity contribution >= 4 is 17.6 Å². The number of benzene rings is 1. The summed E-state index contributed by atoms with van der Waals surface area (Å²) >= 11 is 0. The summed E-state index contributed by atoms with van der Waals surface area (Å²) in [6, 6.07) is 10.2. The number of nitrogens with zero attached hydrogens (tertiary/aromatic N) is 3. The fourth-order valence-corrected chi connectivity index (χ4v) is 3.13. The molecule has 0 N–H and O–H groups in total. The zero-order chi connectivity index (χ0) is 16.7. The van der Waals surface area contributed by atoms with Crippen molar-refractivity contribution in [1.29, 1.82) is 0 Å². The second-order valence-corrected chi connectivity index (χ2v) is 7.37. The van der Waals surface area contributed by atoms with E-state index in [1.165, 1.54) is 0 Å². The van der Waals surface area contributed by atoms with Gasteiger partial charge in [-0.15, -0.1) is 0 Å². The largest absolute Gasteiger partial charge is 0.444 e. The maximum atomic E-state index is 12.3. The van der Waals surface area contributed by atoms with Crippen molar-refractivity contribution in [3.8, 4) is 0 Å². The topological polar surface area (TPSA) is 45.1 Å².